The Morgan fingerprint density at radius 2 is 2.15 bits per heavy atom. The summed E-state index contributed by atoms with van der Waals surface area (Å²) in [5, 5.41) is 0. The highest BCUT2D eigenvalue weighted by Crippen LogP contribution is 2.24. The minimum atomic E-state index is -3.04. The maximum Gasteiger partial charge on any atom is 0.211 e. The zero-order chi connectivity index (χ0) is 9.90. The summed E-state index contributed by atoms with van der Waals surface area (Å²) in [5.74, 6) is 0.508. The average Bonchev–Trinajstić information content (AvgIpc) is 2.34. The van der Waals surface area contributed by atoms with Gasteiger partial charge in [0.1, 0.15) is 0 Å². The van der Waals surface area contributed by atoms with Crippen molar-refractivity contribution in [3.63, 3.8) is 0 Å². The SMILES string of the molecule is CCNS(=O)(=O)C[C@@H]1CC[C@H](N)C1. The molecule has 0 aromatic rings. The van der Waals surface area contributed by atoms with Gasteiger partial charge in [0.05, 0.1) is 5.75 Å². The second kappa shape index (κ2) is 4.39. The molecule has 0 bridgehead atoms. The van der Waals surface area contributed by atoms with Crippen LogP contribution in [0.25, 0.3) is 0 Å². The minimum Gasteiger partial charge on any atom is -0.328 e. The van der Waals surface area contributed by atoms with E-state index in [1.54, 1.807) is 6.92 Å². The largest absolute Gasteiger partial charge is 0.328 e. The monoisotopic (exact) mass is 206 g/mol. The van der Waals surface area contributed by atoms with Gasteiger partial charge in [0.2, 0.25) is 10.0 Å². The molecule has 3 N–H and O–H groups in total. The zero-order valence-corrected chi connectivity index (χ0v) is 8.81. The van der Waals surface area contributed by atoms with Crippen molar-refractivity contribution >= 4 is 10.0 Å². The first kappa shape index (κ1) is 10.9. The lowest BCUT2D eigenvalue weighted by atomic mass is 10.1. The summed E-state index contributed by atoms with van der Waals surface area (Å²) < 4.78 is 25.2. The lowest BCUT2D eigenvalue weighted by Crippen LogP contribution is -2.29. The lowest BCUT2D eigenvalue weighted by molar-refractivity contribution is 0.544. The molecule has 1 aliphatic rings. The van der Waals surface area contributed by atoms with Gasteiger partial charge in [0, 0.05) is 12.6 Å². The Hall–Kier alpha value is -0.130. The van der Waals surface area contributed by atoms with Crippen LogP contribution >= 0.6 is 0 Å². The average molecular weight is 206 g/mol. The molecule has 0 heterocycles. The van der Waals surface area contributed by atoms with E-state index in [0.717, 1.165) is 19.3 Å². The Balaban J connectivity index is 2.40. The van der Waals surface area contributed by atoms with E-state index in [1.807, 2.05) is 0 Å². The molecule has 1 saturated carbocycles. The Morgan fingerprint density at radius 3 is 2.62 bits per heavy atom. The molecule has 1 fully saturated rings. The quantitative estimate of drug-likeness (QED) is 0.683. The number of nitrogens with one attached hydrogen (secondary N) is 1. The van der Waals surface area contributed by atoms with Crippen molar-refractivity contribution < 1.29 is 8.42 Å². The molecule has 13 heavy (non-hydrogen) atoms. The number of sulfonamides is 1. The maximum atomic E-state index is 11.3. The summed E-state index contributed by atoms with van der Waals surface area (Å²) in [4.78, 5) is 0. The molecule has 0 aromatic heterocycles. The van der Waals surface area contributed by atoms with Gasteiger partial charge in [-0.25, -0.2) is 13.1 Å². The van der Waals surface area contributed by atoms with E-state index < -0.39 is 10.0 Å². The van der Waals surface area contributed by atoms with Crippen molar-refractivity contribution in [2.75, 3.05) is 12.3 Å². The summed E-state index contributed by atoms with van der Waals surface area (Å²) in [7, 11) is -3.04. The first-order chi connectivity index (χ1) is 6.03. The molecule has 78 valence electrons. The van der Waals surface area contributed by atoms with Crippen LogP contribution in [0.2, 0.25) is 0 Å². The molecule has 2 atom stereocenters. The summed E-state index contributed by atoms with van der Waals surface area (Å²) in [6.07, 6.45) is 2.77. The molecule has 4 nitrogen and oxygen atoms in total. The molecule has 1 aliphatic carbocycles. The van der Waals surface area contributed by atoms with Crippen molar-refractivity contribution in [2.45, 2.75) is 32.2 Å². The molecule has 0 unspecified atom stereocenters. The molecule has 1 rings (SSSR count). The summed E-state index contributed by atoms with van der Waals surface area (Å²) in [6.45, 7) is 2.26. The third-order valence-corrected chi connectivity index (χ3v) is 4.04. The van der Waals surface area contributed by atoms with Crippen LogP contribution in [0.4, 0.5) is 0 Å². The van der Waals surface area contributed by atoms with Gasteiger partial charge in [-0.1, -0.05) is 6.92 Å². The Labute approximate surface area is 79.9 Å². The van der Waals surface area contributed by atoms with E-state index in [0.29, 0.717) is 6.54 Å². The van der Waals surface area contributed by atoms with Crippen LogP contribution < -0.4 is 10.5 Å². The van der Waals surface area contributed by atoms with Gasteiger partial charge in [-0.15, -0.1) is 0 Å². The molecule has 0 amide bonds. The molecule has 0 spiro atoms. The predicted molar refractivity (Wildman–Crippen MR) is 52.8 cm³/mol. The first-order valence-corrected chi connectivity index (χ1v) is 6.41. The van der Waals surface area contributed by atoms with Gasteiger partial charge in [-0.3, -0.25) is 0 Å². The summed E-state index contributed by atoms with van der Waals surface area (Å²) in [6, 6.07) is 0.210. The molecule has 0 radical (unpaired) electrons. The van der Waals surface area contributed by atoms with Crippen molar-refractivity contribution in [2.24, 2.45) is 11.7 Å². The van der Waals surface area contributed by atoms with Crippen LogP contribution in [0, 0.1) is 5.92 Å². The van der Waals surface area contributed by atoms with Crippen LogP contribution in [0.15, 0.2) is 0 Å². The highest BCUT2D eigenvalue weighted by molar-refractivity contribution is 7.89. The third kappa shape index (κ3) is 3.62. The Morgan fingerprint density at radius 1 is 1.46 bits per heavy atom. The predicted octanol–water partition coefficient (Wildman–Crippen LogP) is 0.0531. The molecular weight excluding hydrogens is 188 g/mol. The lowest BCUT2D eigenvalue weighted by Gasteiger charge is -2.09. The van der Waals surface area contributed by atoms with Crippen LogP contribution in [-0.2, 0) is 10.0 Å². The van der Waals surface area contributed by atoms with E-state index in [9.17, 15) is 8.42 Å². The van der Waals surface area contributed by atoms with Crippen molar-refractivity contribution in [3.8, 4) is 0 Å². The number of nitrogens with two attached hydrogens (primary N) is 1. The van der Waals surface area contributed by atoms with E-state index in [-0.39, 0.29) is 17.7 Å². The maximum absolute atomic E-state index is 11.3. The number of rotatable bonds is 4. The second-order valence-corrected chi connectivity index (χ2v) is 5.57. The van der Waals surface area contributed by atoms with Gasteiger partial charge in [0.25, 0.3) is 0 Å². The van der Waals surface area contributed by atoms with Gasteiger partial charge < -0.3 is 5.73 Å². The Bertz CT molecular complexity index is 251. The second-order valence-electron chi connectivity index (χ2n) is 3.72. The third-order valence-electron chi connectivity index (χ3n) is 2.40. The summed E-state index contributed by atoms with van der Waals surface area (Å²) in [5.41, 5.74) is 5.70. The Kier molecular flexibility index (Phi) is 3.70. The topological polar surface area (TPSA) is 72.2 Å². The molecule has 5 heteroatoms. The van der Waals surface area contributed by atoms with Crippen LogP contribution in [-0.4, -0.2) is 26.8 Å². The molecular formula is C8H18N2O2S. The van der Waals surface area contributed by atoms with E-state index >= 15 is 0 Å². The minimum absolute atomic E-state index is 0.210. The van der Waals surface area contributed by atoms with Gasteiger partial charge in [0.15, 0.2) is 0 Å². The van der Waals surface area contributed by atoms with Crippen LogP contribution in [0.3, 0.4) is 0 Å². The van der Waals surface area contributed by atoms with Gasteiger partial charge in [-0.2, -0.15) is 0 Å². The van der Waals surface area contributed by atoms with Crippen molar-refractivity contribution in [1.82, 2.24) is 4.72 Å². The van der Waals surface area contributed by atoms with E-state index in [4.69, 9.17) is 5.73 Å². The standard InChI is InChI=1S/C8H18N2O2S/c1-2-10-13(11,12)6-7-3-4-8(9)5-7/h7-8,10H,2-6,9H2,1H3/t7-,8+/m1/s1. The van der Waals surface area contributed by atoms with E-state index in [2.05, 4.69) is 4.72 Å². The van der Waals surface area contributed by atoms with Gasteiger partial charge in [-0.05, 0) is 25.2 Å². The van der Waals surface area contributed by atoms with Crippen molar-refractivity contribution in [3.05, 3.63) is 0 Å². The highest BCUT2D eigenvalue weighted by atomic mass is 32.2. The van der Waals surface area contributed by atoms with Crippen molar-refractivity contribution in [1.29, 1.82) is 0 Å². The fourth-order valence-corrected chi connectivity index (χ4v) is 3.34. The summed E-state index contributed by atoms with van der Waals surface area (Å²) >= 11 is 0. The van der Waals surface area contributed by atoms with Crippen LogP contribution in [0.1, 0.15) is 26.2 Å². The fourth-order valence-electron chi connectivity index (χ4n) is 1.85. The first-order valence-electron chi connectivity index (χ1n) is 4.76. The normalized spacial score (nSPS) is 29.4. The van der Waals surface area contributed by atoms with Gasteiger partial charge >= 0.3 is 0 Å². The smallest absolute Gasteiger partial charge is 0.211 e. The highest BCUT2D eigenvalue weighted by Gasteiger charge is 2.26. The molecule has 0 saturated heterocycles. The molecule has 0 aliphatic heterocycles. The van der Waals surface area contributed by atoms with E-state index in [1.165, 1.54) is 0 Å². The fraction of sp³-hybridized carbons (Fsp3) is 1.00. The zero-order valence-electron chi connectivity index (χ0n) is 7.99. The number of hydrogen-bond donors (Lipinski definition) is 2. The molecule has 0 aromatic carbocycles. The number of hydrogen-bond acceptors (Lipinski definition) is 3. The van der Waals surface area contributed by atoms with Crippen LogP contribution in [0.5, 0.6) is 0 Å².